The molecule has 1 aromatic heterocycles. The molecule has 6 nitrogen and oxygen atoms in total. The summed E-state index contributed by atoms with van der Waals surface area (Å²) in [5.41, 5.74) is 1.05. The maximum absolute atomic E-state index is 12.3. The first kappa shape index (κ1) is 17.2. The zero-order valence-electron chi connectivity index (χ0n) is 13.4. The summed E-state index contributed by atoms with van der Waals surface area (Å²) in [4.78, 5) is 16.4. The first-order valence-corrected chi connectivity index (χ1v) is 8.25. The van der Waals surface area contributed by atoms with Gasteiger partial charge in [-0.15, -0.1) is 0 Å². The van der Waals surface area contributed by atoms with Crippen LogP contribution in [0.15, 0.2) is 36.5 Å². The highest BCUT2D eigenvalue weighted by Crippen LogP contribution is 2.21. The van der Waals surface area contributed by atoms with Gasteiger partial charge in [0.15, 0.2) is 0 Å². The lowest BCUT2D eigenvalue weighted by molar-refractivity contribution is 0.0663. The lowest BCUT2D eigenvalue weighted by Crippen LogP contribution is -2.17. The Morgan fingerprint density at radius 1 is 1.44 bits per heavy atom. The van der Waals surface area contributed by atoms with Crippen molar-refractivity contribution < 1.29 is 14.3 Å². The predicted octanol–water partition coefficient (Wildman–Crippen LogP) is 3.42. The fourth-order valence-electron chi connectivity index (χ4n) is 2.47. The molecule has 3 rings (SSSR count). The summed E-state index contributed by atoms with van der Waals surface area (Å²) >= 11 is 5.91. The minimum Gasteiger partial charge on any atom is -0.475 e. The van der Waals surface area contributed by atoms with E-state index in [0.717, 1.165) is 19.4 Å². The lowest BCUT2D eigenvalue weighted by atomic mass is 10.2. The highest BCUT2D eigenvalue weighted by molar-refractivity contribution is 6.31. The Bertz CT molecular complexity index is 796. The number of pyridine rings is 1. The van der Waals surface area contributed by atoms with E-state index in [2.05, 4.69) is 10.3 Å². The van der Waals surface area contributed by atoms with Gasteiger partial charge in [0, 0.05) is 23.9 Å². The van der Waals surface area contributed by atoms with E-state index in [4.69, 9.17) is 26.3 Å². The van der Waals surface area contributed by atoms with Crippen molar-refractivity contribution in [2.24, 2.45) is 0 Å². The van der Waals surface area contributed by atoms with E-state index in [1.807, 2.05) is 6.07 Å². The van der Waals surface area contributed by atoms with Gasteiger partial charge in [-0.05, 0) is 37.1 Å². The highest BCUT2D eigenvalue weighted by Gasteiger charge is 2.16. The van der Waals surface area contributed by atoms with E-state index in [9.17, 15) is 4.79 Å². The van der Waals surface area contributed by atoms with Crippen molar-refractivity contribution in [1.29, 1.82) is 5.26 Å². The fraction of sp³-hybridized carbons (Fsp3) is 0.278. The lowest BCUT2D eigenvalue weighted by Gasteiger charge is -2.11. The molecule has 1 aliphatic heterocycles. The first-order valence-electron chi connectivity index (χ1n) is 7.87. The molecule has 0 radical (unpaired) electrons. The van der Waals surface area contributed by atoms with E-state index in [1.54, 1.807) is 24.3 Å². The van der Waals surface area contributed by atoms with Crippen LogP contribution in [0.2, 0.25) is 5.02 Å². The van der Waals surface area contributed by atoms with Gasteiger partial charge in [0.05, 0.1) is 22.9 Å². The number of nitriles is 1. The van der Waals surface area contributed by atoms with E-state index in [-0.39, 0.29) is 12.0 Å². The minimum atomic E-state index is -0.378. The molecule has 0 unspecified atom stereocenters. The summed E-state index contributed by atoms with van der Waals surface area (Å²) in [5.74, 6) is 0.0597. The van der Waals surface area contributed by atoms with Crippen molar-refractivity contribution >= 4 is 23.2 Å². The van der Waals surface area contributed by atoms with Crippen molar-refractivity contribution in [2.75, 3.05) is 18.5 Å². The topological polar surface area (TPSA) is 84.2 Å². The number of halogens is 1. The molecule has 1 fully saturated rings. The van der Waals surface area contributed by atoms with Gasteiger partial charge in [-0.25, -0.2) is 4.98 Å². The second-order valence-corrected chi connectivity index (χ2v) is 6.02. The SMILES string of the molecule is N#Cc1ccc(Cl)cc1NC(=O)c1ccc(OC[C@@H]2CCCO2)nc1. The molecule has 0 spiro atoms. The number of nitrogens with one attached hydrogen (secondary N) is 1. The Morgan fingerprint density at radius 2 is 2.32 bits per heavy atom. The van der Waals surface area contributed by atoms with Crippen LogP contribution in [0.4, 0.5) is 5.69 Å². The van der Waals surface area contributed by atoms with Crippen LogP contribution in [-0.4, -0.2) is 30.2 Å². The van der Waals surface area contributed by atoms with Crippen LogP contribution in [0.3, 0.4) is 0 Å². The molecule has 128 valence electrons. The number of hydrogen-bond donors (Lipinski definition) is 1. The van der Waals surface area contributed by atoms with Crippen LogP contribution >= 0.6 is 11.6 Å². The van der Waals surface area contributed by atoms with E-state index in [0.29, 0.717) is 34.3 Å². The van der Waals surface area contributed by atoms with Gasteiger partial charge in [0.1, 0.15) is 12.7 Å². The molecule has 2 heterocycles. The third kappa shape index (κ3) is 4.47. The van der Waals surface area contributed by atoms with E-state index in [1.165, 1.54) is 12.3 Å². The number of hydrogen-bond acceptors (Lipinski definition) is 5. The third-order valence-corrected chi connectivity index (χ3v) is 4.02. The molecular formula is C18H16ClN3O3. The summed E-state index contributed by atoms with van der Waals surface area (Å²) < 4.78 is 11.0. The average molecular weight is 358 g/mol. The second kappa shape index (κ2) is 7.97. The van der Waals surface area contributed by atoms with Crippen LogP contribution in [0.5, 0.6) is 5.88 Å². The Balaban J connectivity index is 1.62. The Kier molecular flexibility index (Phi) is 5.49. The largest absolute Gasteiger partial charge is 0.475 e. The zero-order valence-corrected chi connectivity index (χ0v) is 14.1. The maximum atomic E-state index is 12.3. The number of rotatable bonds is 5. The Labute approximate surface area is 150 Å². The number of carbonyl (C=O) groups excluding carboxylic acids is 1. The molecule has 7 heteroatoms. The standard InChI is InChI=1S/C18H16ClN3O3/c19-14-5-3-12(9-20)16(8-14)22-18(23)13-4-6-17(21-10-13)25-11-15-2-1-7-24-15/h3-6,8,10,15H,1-2,7,11H2,(H,22,23)/t15-/m0/s1. The molecule has 1 aromatic carbocycles. The molecule has 1 saturated heterocycles. The van der Waals surface area contributed by atoms with Crippen molar-refractivity contribution in [3.63, 3.8) is 0 Å². The fourth-order valence-corrected chi connectivity index (χ4v) is 2.64. The number of ether oxygens (including phenoxy) is 2. The van der Waals surface area contributed by atoms with Gasteiger partial charge >= 0.3 is 0 Å². The summed E-state index contributed by atoms with van der Waals surface area (Å²) in [6.45, 7) is 1.22. The minimum absolute atomic E-state index is 0.108. The normalized spacial score (nSPS) is 16.2. The molecule has 25 heavy (non-hydrogen) atoms. The number of carbonyl (C=O) groups is 1. The van der Waals surface area contributed by atoms with Crippen molar-refractivity contribution in [2.45, 2.75) is 18.9 Å². The van der Waals surface area contributed by atoms with Gasteiger partial charge in [-0.2, -0.15) is 5.26 Å². The predicted molar refractivity (Wildman–Crippen MR) is 92.8 cm³/mol. The monoisotopic (exact) mass is 357 g/mol. The number of nitrogens with zero attached hydrogens (tertiary/aromatic N) is 2. The van der Waals surface area contributed by atoms with Crippen molar-refractivity contribution in [1.82, 2.24) is 4.98 Å². The number of aromatic nitrogens is 1. The third-order valence-electron chi connectivity index (χ3n) is 3.79. The van der Waals surface area contributed by atoms with E-state index >= 15 is 0 Å². The summed E-state index contributed by atoms with van der Waals surface area (Å²) in [6, 6.07) is 9.94. The quantitative estimate of drug-likeness (QED) is 0.886. The smallest absolute Gasteiger partial charge is 0.257 e. The van der Waals surface area contributed by atoms with Crippen LogP contribution in [0, 0.1) is 11.3 Å². The van der Waals surface area contributed by atoms with E-state index < -0.39 is 0 Å². The molecule has 1 aliphatic rings. The van der Waals surface area contributed by atoms with Gasteiger partial charge in [-0.1, -0.05) is 11.6 Å². The summed E-state index contributed by atoms with van der Waals surface area (Å²) in [7, 11) is 0. The van der Waals surface area contributed by atoms with Crippen molar-refractivity contribution in [3.05, 3.63) is 52.7 Å². The maximum Gasteiger partial charge on any atom is 0.257 e. The highest BCUT2D eigenvalue weighted by atomic mass is 35.5. The van der Waals surface area contributed by atoms with Crippen LogP contribution in [0.1, 0.15) is 28.8 Å². The number of amides is 1. The first-order chi connectivity index (χ1) is 12.2. The molecule has 0 bridgehead atoms. The van der Waals surface area contributed by atoms with Crippen LogP contribution in [-0.2, 0) is 4.74 Å². The van der Waals surface area contributed by atoms with Gasteiger partial charge < -0.3 is 14.8 Å². The summed E-state index contributed by atoms with van der Waals surface area (Å²) in [6.07, 6.45) is 3.57. The van der Waals surface area contributed by atoms with Crippen molar-refractivity contribution in [3.8, 4) is 11.9 Å². The molecule has 0 aliphatic carbocycles. The van der Waals surface area contributed by atoms with Crippen LogP contribution in [0.25, 0.3) is 0 Å². The summed E-state index contributed by atoms with van der Waals surface area (Å²) in [5, 5.41) is 12.2. The molecule has 1 atom stereocenters. The Hall–Kier alpha value is -2.62. The number of benzene rings is 1. The molecule has 2 aromatic rings. The average Bonchev–Trinajstić information content (AvgIpc) is 3.14. The van der Waals surface area contributed by atoms with Gasteiger partial charge in [0.2, 0.25) is 5.88 Å². The van der Waals surface area contributed by atoms with Gasteiger partial charge in [0.25, 0.3) is 5.91 Å². The van der Waals surface area contributed by atoms with Crippen LogP contribution < -0.4 is 10.1 Å². The Morgan fingerprint density at radius 3 is 3.00 bits per heavy atom. The van der Waals surface area contributed by atoms with Gasteiger partial charge in [-0.3, -0.25) is 4.79 Å². The molecular weight excluding hydrogens is 342 g/mol. The molecule has 1 amide bonds. The number of anilines is 1. The molecule has 1 N–H and O–H groups in total. The second-order valence-electron chi connectivity index (χ2n) is 5.59. The molecule has 0 saturated carbocycles. The zero-order chi connectivity index (χ0) is 17.6.